The predicted molar refractivity (Wildman–Crippen MR) is 67.3 cm³/mol. The fourth-order valence-electron chi connectivity index (χ4n) is 1.52. The number of carbonyl (C=O) groups is 1. The van der Waals surface area contributed by atoms with Crippen LogP contribution in [0.5, 0.6) is 0 Å². The van der Waals surface area contributed by atoms with Gasteiger partial charge in [0.1, 0.15) is 11.3 Å². The quantitative estimate of drug-likeness (QED) is 0.906. The molecule has 0 saturated carbocycles. The van der Waals surface area contributed by atoms with Gasteiger partial charge in [0.2, 0.25) is 0 Å². The largest absolute Gasteiger partial charge is 0.346 e. The SMILES string of the molecule is C=C(Cl)CNC(=O)c1cn2c(C)cccc2n1. The fraction of sp³-hybridized carbons (Fsp3) is 0.167. The Hall–Kier alpha value is -1.81. The minimum atomic E-state index is -0.255. The maximum absolute atomic E-state index is 11.7. The number of aryl methyl sites for hydroxylation is 1. The van der Waals surface area contributed by atoms with Gasteiger partial charge in [-0.15, -0.1) is 0 Å². The number of carbonyl (C=O) groups excluding carboxylic acids is 1. The van der Waals surface area contributed by atoms with Crippen molar-refractivity contribution in [3.05, 3.63) is 47.4 Å². The van der Waals surface area contributed by atoms with Crippen LogP contribution in [0.15, 0.2) is 36.0 Å². The number of hydrogen-bond donors (Lipinski definition) is 1. The first kappa shape index (κ1) is 11.7. The molecular formula is C12H12ClN3O. The maximum Gasteiger partial charge on any atom is 0.271 e. The van der Waals surface area contributed by atoms with E-state index in [4.69, 9.17) is 11.6 Å². The molecule has 1 amide bonds. The van der Waals surface area contributed by atoms with Crippen LogP contribution in [-0.4, -0.2) is 21.8 Å². The van der Waals surface area contributed by atoms with Crippen LogP contribution in [0.4, 0.5) is 0 Å². The molecule has 88 valence electrons. The first-order valence-corrected chi connectivity index (χ1v) is 5.52. The van der Waals surface area contributed by atoms with Crippen LogP contribution >= 0.6 is 11.6 Å². The summed E-state index contributed by atoms with van der Waals surface area (Å²) in [5.41, 5.74) is 2.15. The van der Waals surface area contributed by atoms with Crippen LogP contribution in [0.3, 0.4) is 0 Å². The summed E-state index contributed by atoms with van der Waals surface area (Å²) in [7, 11) is 0. The fourth-order valence-corrected chi connectivity index (χ4v) is 1.59. The molecule has 2 aromatic heterocycles. The topological polar surface area (TPSA) is 46.4 Å². The molecule has 0 radical (unpaired) electrons. The van der Waals surface area contributed by atoms with Crippen LogP contribution in [-0.2, 0) is 0 Å². The zero-order valence-corrected chi connectivity index (χ0v) is 10.2. The number of nitrogens with one attached hydrogen (secondary N) is 1. The Kier molecular flexibility index (Phi) is 3.15. The van der Waals surface area contributed by atoms with Crippen molar-refractivity contribution in [2.75, 3.05) is 6.54 Å². The van der Waals surface area contributed by atoms with Crippen molar-refractivity contribution in [1.82, 2.24) is 14.7 Å². The number of amides is 1. The Morgan fingerprint density at radius 3 is 3.00 bits per heavy atom. The molecule has 0 bridgehead atoms. The molecule has 0 fully saturated rings. The highest BCUT2D eigenvalue weighted by Crippen LogP contribution is 2.08. The Morgan fingerprint density at radius 1 is 1.59 bits per heavy atom. The highest BCUT2D eigenvalue weighted by Gasteiger charge is 2.10. The number of pyridine rings is 1. The molecule has 1 N–H and O–H groups in total. The molecule has 0 aliphatic rings. The lowest BCUT2D eigenvalue weighted by atomic mass is 10.4. The molecule has 0 unspecified atom stereocenters. The van der Waals surface area contributed by atoms with Gasteiger partial charge in [-0.05, 0) is 19.1 Å². The Bertz CT molecular complexity index is 588. The van der Waals surface area contributed by atoms with Crippen molar-refractivity contribution in [2.24, 2.45) is 0 Å². The normalized spacial score (nSPS) is 10.5. The van der Waals surface area contributed by atoms with Crippen LogP contribution in [0.1, 0.15) is 16.2 Å². The molecule has 5 heteroatoms. The van der Waals surface area contributed by atoms with E-state index in [-0.39, 0.29) is 12.5 Å². The molecule has 0 spiro atoms. The lowest BCUT2D eigenvalue weighted by Gasteiger charge is -1.99. The molecule has 0 aliphatic carbocycles. The molecule has 0 aliphatic heterocycles. The number of imidazole rings is 1. The van der Waals surface area contributed by atoms with Crippen molar-refractivity contribution in [1.29, 1.82) is 0 Å². The van der Waals surface area contributed by atoms with Gasteiger partial charge in [0, 0.05) is 16.9 Å². The zero-order chi connectivity index (χ0) is 12.4. The van der Waals surface area contributed by atoms with Crippen molar-refractivity contribution < 1.29 is 4.79 Å². The molecule has 0 atom stereocenters. The third-order valence-electron chi connectivity index (χ3n) is 2.37. The summed E-state index contributed by atoms with van der Waals surface area (Å²) >= 11 is 5.58. The Morgan fingerprint density at radius 2 is 2.35 bits per heavy atom. The average Bonchev–Trinajstić information content (AvgIpc) is 2.71. The third kappa shape index (κ3) is 2.47. The van der Waals surface area contributed by atoms with Crippen LogP contribution in [0, 0.1) is 6.92 Å². The summed E-state index contributed by atoms with van der Waals surface area (Å²) < 4.78 is 1.87. The molecule has 2 aromatic rings. The van der Waals surface area contributed by atoms with Crippen LogP contribution in [0.25, 0.3) is 5.65 Å². The van der Waals surface area contributed by atoms with Crippen molar-refractivity contribution in [3.8, 4) is 0 Å². The van der Waals surface area contributed by atoms with Gasteiger partial charge in [-0.3, -0.25) is 4.79 Å². The summed E-state index contributed by atoms with van der Waals surface area (Å²) in [6, 6.07) is 5.71. The van der Waals surface area contributed by atoms with Gasteiger partial charge in [0.15, 0.2) is 0 Å². The summed E-state index contributed by atoms with van der Waals surface area (Å²) in [6.07, 6.45) is 1.71. The molecule has 2 heterocycles. The lowest BCUT2D eigenvalue weighted by Crippen LogP contribution is -2.24. The second-order valence-corrected chi connectivity index (χ2v) is 4.26. The second kappa shape index (κ2) is 4.59. The molecule has 17 heavy (non-hydrogen) atoms. The number of fused-ring (bicyclic) bond motifs is 1. The molecule has 0 aromatic carbocycles. The number of hydrogen-bond acceptors (Lipinski definition) is 2. The second-order valence-electron chi connectivity index (χ2n) is 3.72. The minimum Gasteiger partial charge on any atom is -0.346 e. The maximum atomic E-state index is 11.7. The van der Waals surface area contributed by atoms with E-state index in [9.17, 15) is 4.79 Å². The summed E-state index contributed by atoms with van der Waals surface area (Å²) in [5.74, 6) is -0.255. The van der Waals surface area contributed by atoms with E-state index in [1.807, 2.05) is 29.5 Å². The first-order valence-electron chi connectivity index (χ1n) is 5.14. The first-order chi connectivity index (χ1) is 8.08. The number of nitrogens with zero attached hydrogens (tertiary/aromatic N) is 2. The van der Waals surface area contributed by atoms with E-state index in [0.717, 1.165) is 11.3 Å². The number of aromatic nitrogens is 2. The van der Waals surface area contributed by atoms with Gasteiger partial charge in [-0.25, -0.2) is 4.98 Å². The molecular weight excluding hydrogens is 238 g/mol. The van der Waals surface area contributed by atoms with E-state index in [1.54, 1.807) is 6.20 Å². The average molecular weight is 250 g/mol. The van der Waals surface area contributed by atoms with Gasteiger partial charge >= 0.3 is 0 Å². The molecule has 4 nitrogen and oxygen atoms in total. The summed E-state index contributed by atoms with van der Waals surface area (Å²) in [4.78, 5) is 16.0. The Balaban J connectivity index is 2.27. The van der Waals surface area contributed by atoms with Crippen molar-refractivity contribution in [3.63, 3.8) is 0 Å². The summed E-state index contributed by atoms with van der Waals surface area (Å²) in [5, 5.41) is 3.02. The zero-order valence-electron chi connectivity index (χ0n) is 9.40. The highest BCUT2D eigenvalue weighted by atomic mass is 35.5. The Labute approximate surface area is 104 Å². The standard InChI is InChI=1S/C12H12ClN3O/c1-8(13)6-14-12(17)10-7-16-9(2)4-3-5-11(16)15-10/h3-5,7H,1,6H2,2H3,(H,14,17). The molecule has 2 rings (SSSR count). The lowest BCUT2D eigenvalue weighted by molar-refractivity contribution is 0.0953. The molecule has 0 saturated heterocycles. The highest BCUT2D eigenvalue weighted by molar-refractivity contribution is 6.29. The van der Waals surface area contributed by atoms with E-state index < -0.39 is 0 Å². The van der Waals surface area contributed by atoms with Crippen molar-refractivity contribution >= 4 is 23.2 Å². The number of rotatable bonds is 3. The van der Waals surface area contributed by atoms with Crippen LogP contribution < -0.4 is 5.32 Å². The number of halogens is 1. The van der Waals surface area contributed by atoms with E-state index in [1.165, 1.54) is 0 Å². The van der Waals surface area contributed by atoms with Gasteiger partial charge in [0.05, 0.1) is 6.54 Å². The van der Waals surface area contributed by atoms with E-state index in [2.05, 4.69) is 16.9 Å². The van der Waals surface area contributed by atoms with Gasteiger partial charge in [0.25, 0.3) is 5.91 Å². The van der Waals surface area contributed by atoms with Gasteiger partial charge in [-0.2, -0.15) is 0 Å². The minimum absolute atomic E-state index is 0.243. The van der Waals surface area contributed by atoms with Gasteiger partial charge in [-0.1, -0.05) is 24.2 Å². The van der Waals surface area contributed by atoms with E-state index >= 15 is 0 Å². The summed E-state index contributed by atoms with van der Waals surface area (Å²) in [6.45, 7) is 5.70. The third-order valence-corrected chi connectivity index (χ3v) is 2.50. The van der Waals surface area contributed by atoms with Crippen molar-refractivity contribution in [2.45, 2.75) is 6.92 Å². The smallest absolute Gasteiger partial charge is 0.271 e. The monoisotopic (exact) mass is 249 g/mol. The van der Waals surface area contributed by atoms with E-state index in [0.29, 0.717) is 10.7 Å². The van der Waals surface area contributed by atoms with Gasteiger partial charge < -0.3 is 9.72 Å². The predicted octanol–water partition coefficient (Wildman–Crippen LogP) is 2.13. The van der Waals surface area contributed by atoms with Crippen LogP contribution in [0.2, 0.25) is 0 Å².